The summed E-state index contributed by atoms with van der Waals surface area (Å²) in [6.07, 6.45) is 0.848. The van der Waals surface area contributed by atoms with E-state index in [1.165, 1.54) is 5.56 Å². The zero-order chi connectivity index (χ0) is 19.6. The lowest BCUT2D eigenvalue weighted by atomic mass is 10.1. The van der Waals surface area contributed by atoms with Crippen LogP contribution >= 0.6 is 11.6 Å². The third-order valence-corrected chi connectivity index (χ3v) is 4.29. The minimum atomic E-state index is 0.528. The Morgan fingerprint density at radius 1 is 1.00 bits per heavy atom. The molecular weight excluding hydrogens is 366 g/mol. The molecule has 2 N–H and O–H groups in total. The van der Waals surface area contributed by atoms with E-state index >= 15 is 0 Å². The summed E-state index contributed by atoms with van der Waals surface area (Å²) in [5.74, 6) is 2.54. The van der Waals surface area contributed by atoms with E-state index in [0.717, 1.165) is 23.6 Å². The number of rotatable bonds is 8. The second kappa shape index (κ2) is 10.5. The standard InChI is InChI=1S/C20H26ClN3O3/c1-22-20(23-11-10-14-6-5-7-16(21)12-14)24-13-15-8-9-17(25-2)19(27-4)18(15)26-3/h5-9,12H,10-11,13H2,1-4H3,(H2,22,23,24). The van der Waals surface area contributed by atoms with Crippen LogP contribution in [0.15, 0.2) is 41.4 Å². The second-order valence-corrected chi connectivity index (χ2v) is 6.16. The fourth-order valence-corrected chi connectivity index (χ4v) is 2.93. The highest BCUT2D eigenvalue weighted by Gasteiger charge is 2.15. The first kappa shape index (κ1) is 20.7. The molecule has 0 saturated carbocycles. The number of guanidine groups is 1. The summed E-state index contributed by atoms with van der Waals surface area (Å²) >= 11 is 6.02. The minimum absolute atomic E-state index is 0.528. The first-order chi connectivity index (χ1) is 13.1. The van der Waals surface area contributed by atoms with Gasteiger partial charge in [0.1, 0.15) is 0 Å². The molecule has 0 saturated heterocycles. The summed E-state index contributed by atoms with van der Waals surface area (Å²) in [7, 11) is 6.54. The predicted molar refractivity (Wildman–Crippen MR) is 109 cm³/mol. The van der Waals surface area contributed by atoms with E-state index in [-0.39, 0.29) is 0 Å². The van der Waals surface area contributed by atoms with Gasteiger partial charge in [-0.05, 0) is 36.2 Å². The maximum absolute atomic E-state index is 6.02. The number of nitrogens with zero attached hydrogens (tertiary/aromatic N) is 1. The molecular formula is C20H26ClN3O3. The van der Waals surface area contributed by atoms with E-state index in [4.69, 9.17) is 25.8 Å². The second-order valence-electron chi connectivity index (χ2n) is 5.73. The summed E-state index contributed by atoms with van der Waals surface area (Å²) in [6.45, 7) is 1.27. The highest BCUT2D eigenvalue weighted by Crippen LogP contribution is 2.39. The van der Waals surface area contributed by atoms with Gasteiger partial charge in [0.15, 0.2) is 17.5 Å². The first-order valence-electron chi connectivity index (χ1n) is 8.59. The van der Waals surface area contributed by atoms with Crippen molar-refractivity contribution in [2.75, 3.05) is 34.9 Å². The van der Waals surface area contributed by atoms with E-state index in [2.05, 4.69) is 21.7 Å². The summed E-state index contributed by atoms with van der Waals surface area (Å²) in [6, 6.07) is 11.6. The number of benzene rings is 2. The number of methoxy groups -OCH3 is 3. The van der Waals surface area contributed by atoms with Crippen LogP contribution in [-0.2, 0) is 13.0 Å². The van der Waals surface area contributed by atoms with Gasteiger partial charge in [-0.15, -0.1) is 0 Å². The Labute approximate surface area is 165 Å². The van der Waals surface area contributed by atoms with Gasteiger partial charge in [-0.2, -0.15) is 0 Å². The predicted octanol–water partition coefficient (Wildman–Crippen LogP) is 3.27. The van der Waals surface area contributed by atoms with Crippen LogP contribution in [0.2, 0.25) is 5.02 Å². The van der Waals surface area contributed by atoms with Crippen molar-refractivity contribution in [3.8, 4) is 17.2 Å². The van der Waals surface area contributed by atoms with Gasteiger partial charge in [0, 0.05) is 30.7 Å². The zero-order valence-electron chi connectivity index (χ0n) is 16.1. The van der Waals surface area contributed by atoms with Crippen molar-refractivity contribution in [1.29, 1.82) is 0 Å². The zero-order valence-corrected chi connectivity index (χ0v) is 16.9. The normalized spacial score (nSPS) is 11.1. The van der Waals surface area contributed by atoms with Crippen LogP contribution in [0.25, 0.3) is 0 Å². The molecule has 0 spiro atoms. The Morgan fingerprint density at radius 2 is 1.78 bits per heavy atom. The number of nitrogens with one attached hydrogen (secondary N) is 2. The Kier molecular flexibility index (Phi) is 8.07. The third-order valence-electron chi connectivity index (χ3n) is 4.05. The van der Waals surface area contributed by atoms with Gasteiger partial charge in [0.05, 0.1) is 21.3 Å². The highest BCUT2D eigenvalue weighted by molar-refractivity contribution is 6.30. The highest BCUT2D eigenvalue weighted by atomic mass is 35.5. The lowest BCUT2D eigenvalue weighted by molar-refractivity contribution is 0.322. The molecule has 0 aliphatic carbocycles. The Balaban J connectivity index is 1.95. The monoisotopic (exact) mass is 391 g/mol. The Morgan fingerprint density at radius 3 is 2.41 bits per heavy atom. The lowest BCUT2D eigenvalue weighted by Gasteiger charge is -2.17. The summed E-state index contributed by atoms with van der Waals surface area (Å²) in [5.41, 5.74) is 2.11. The molecule has 6 nitrogen and oxygen atoms in total. The van der Waals surface area contributed by atoms with Crippen molar-refractivity contribution in [3.63, 3.8) is 0 Å². The van der Waals surface area contributed by atoms with Gasteiger partial charge in [0.2, 0.25) is 5.75 Å². The molecule has 146 valence electrons. The number of hydrogen-bond donors (Lipinski definition) is 2. The number of aliphatic imine (C=N–C) groups is 1. The first-order valence-corrected chi connectivity index (χ1v) is 8.97. The van der Waals surface area contributed by atoms with Crippen LogP contribution in [-0.4, -0.2) is 40.9 Å². The van der Waals surface area contributed by atoms with Crippen molar-refractivity contribution < 1.29 is 14.2 Å². The van der Waals surface area contributed by atoms with Crippen molar-refractivity contribution >= 4 is 17.6 Å². The van der Waals surface area contributed by atoms with Gasteiger partial charge < -0.3 is 24.8 Å². The molecule has 0 aliphatic heterocycles. The molecule has 0 unspecified atom stereocenters. The molecule has 7 heteroatoms. The van der Waals surface area contributed by atoms with Crippen molar-refractivity contribution in [1.82, 2.24) is 10.6 Å². The van der Waals surface area contributed by atoms with E-state index in [1.54, 1.807) is 28.4 Å². The molecule has 0 amide bonds. The largest absolute Gasteiger partial charge is 0.493 e. The smallest absolute Gasteiger partial charge is 0.203 e. The van der Waals surface area contributed by atoms with Crippen LogP contribution in [0.3, 0.4) is 0 Å². The van der Waals surface area contributed by atoms with Gasteiger partial charge in [-0.1, -0.05) is 23.7 Å². The average Bonchev–Trinajstić information content (AvgIpc) is 2.69. The maximum Gasteiger partial charge on any atom is 0.203 e. The third kappa shape index (κ3) is 5.69. The molecule has 0 aliphatic rings. The van der Waals surface area contributed by atoms with Crippen LogP contribution in [0.5, 0.6) is 17.2 Å². The van der Waals surface area contributed by atoms with E-state index in [1.807, 2.05) is 30.3 Å². The SMILES string of the molecule is CN=C(NCCc1cccc(Cl)c1)NCc1ccc(OC)c(OC)c1OC. The van der Waals surface area contributed by atoms with Crippen LogP contribution in [0, 0.1) is 0 Å². The molecule has 0 bridgehead atoms. The molecule has 0 radical (unpaired) electrons. The summed E-state index contributed by atoms with van der Waals surface area (Å²) < 4.78 is 16.2. The molecule has 0 aromatic heterocycles. The van der Waals surface area contributed by atoms with Gasteiger partial charge in [0.25, 0.3) is 0 Å². The van der Waals surface area contributed by atoms with E-state index < -0.39 is 0 Å². The minimum Gasteiger partial charge on any atom is -0.493 e. The lowest BCUT2D eigenvalue weighted by Crippen LogP contribution is -2.37. The number of halogens is 1. The molecule has 0 fully saturated rings. The van der Waals surface area contributed by atoms with Gasteiger partial charge >= 0.3 is 0 Å². The molecule has 27 heavy (non-hydrogen) atoms. The van der Waals surface area contributed by atoms with Gasteiger partial charge in [-0.3, -0.25) is 4.99 Å². The van der Waals surface area contributed by atoms with Crippen molar-refractivity contribution in [2.45, 2.75) is 13.0 Å². The summed E-state index contributed by atoms with van der Waals surface area (Å²) in [4.78, 5) is 4.26. The maximum atomic E-state index is 6.02. The fourth-order valence-electron chi connectivity index (χ4n) is 2.72. The molecule has 2 aromatic rings. The van der Waals surface area contributed by atoms with Crippen LogP contribution < -0.4 is 24.8 Å². The van der Waals surface area contributed by atoms with E-state index in [0.29, 0.717) is 29.8 Å². The fraction of sp³-hybridized carbons (Fsp3) is 0.350. The van der Waals surface area contributed by atoms with Crippen molar-refractivity contribution in [3.05, 3.63) is 52.5 Å². The number of ether oxygens (including phenoxy) is 3. The molecule has 0 heterocycles. The number of hydrogen-bond acceptors (Lipinski definition) is 4. The Hall–Kier alpha value is -2.60. The quantitative estimate of drug-likeness (QED) is 0.534. The Bertz CT molecular complexity index is 781. The average molecular weight is 392 g/mol. The van der Waals surface area contributed by atoms with Crippen LogP contribution in [0.4, 0.5) is 0 Å². The van der Waals surface area contributed by atoms with Gasteiger partial charge in [-0.25, -0.2) is 0 Å². The molecule has 2 rings (SSSR count). The molecule has 0 atom stereocenters. The summed E-state index contributed by atoms with van der Waals surface area (Å²) in [5, 5.41) is 7.32. The van der Waals surface area contributed by atoms with Crippen LogP contribution in [0.1, 0.15) is 11.1 Å². The molecule has 2 aromatic carbocycles. The van der Waals surface area contributed by atoms with Crippen molar-refractivity contribution in [2.24, 2.45) is 4.99 Å². The topological polar surface area (TPSA) is 64.1 Å². The van der Waals surface area contributed by atoms with E-state index in [9.17, 15) is 0 Å².